The Balaban J connectivity index is 3.23. The Labute approximate surface area is 70.9 Å². The molecule has 1 aromatic rings. The summed E-state index contributed by atoms with van der Waals surface area (Å²) in [5.74, 6) is 0.907. The van der Waals surface area contributed by atoms with Crippen LogP contribution < -0.4 is 4.57 Å². The normalized spacial score (nSPS) is 9.80. The lowest BCUT2D eigenvalue weighted by Crippen LogP contribution is -2.33. The highest BCUT2D eigenvalue weighted by atomic mass is 32.1. The van der Waals surface area contributed by atoms with E-state index in [0.717, 1.165) is 5.82 Å². The van der Waals surface area contributed by atoms with Crippen molar-refractivity contribution in [1.82, 2.24) is 4.57 Å². The Morgan fingerprint density at radius 3 is 2.60 bits per heavy atom. The summed E-state index contributed by atoms with van der Waals surface area (Å²) in [6.07, 6.45) is 3.85. The molecule has 0 saturated heterocycles. The van der Waals surface area contributed by atoms with Crippen molar-refractivity contribution in [3.8, 4) is 0 Å². The highest BCUT2D eigenvalue weighted by Crippen LogP contribution is 1.92. The minimum absolute atomic E-state index is 0.509. The Morgan fingerprint density at radius 2 is 2.40 bits per heavy atom. The van der Waals surface area contributed by atoms with Crippen molar-refractivity contribution >= 4 is 29.0 Å². The van der Waals surface area contributed by atoms with Gasteiger partial charge in [0.1, 0.15) is 12.4 Å². The van der Waals surface area contributed by atoms with Crippen molar-refractivity contribution < 1.29 is 4.57 Å². The smallest absolute Gasteiger partial charge is 0.268 e. The summed E-state index contributed by atoms with van der Waals surface area (Å²) in [6, 6.07) is 0. The predicted molar refractivity (Wildman–Crippen MR) is 45.7 cm³/mol. The van der Waals surface area contributed by atoms with E-state index in [1.807, 2.05) is 35.6 Å². The Bertz CT molecular complexity index is 245. The zero-order valence-corrected chi connectivity index (χ0v) is 7.50. The number of hydrogen-bond acceptors (Lipinski definition) is 2. The van der Waals surface area contributed by atoms with Crippen LogP contribution in [-0.4, -0.2) is 8.76 Å². The van der Waals surface area contributed by atoms with E-state index in [-0.39, 0.29) is 0 Å². The largest absolute Gasteiger partial charge is 0.421 e. The maximum Gasteiger partial charge on any atom is 0.268 e. The molecule has 4 heteroatoms. The van der Waals surface area contributed by atoms with Crippen LogP contribution >= 0.6 is 12.2 Å². The molecule has 0 fully saturated rings. The molecule has 0 aromatic carbocycles. The van der Waals surface area contributed by atoms with Crippen LogP contribution in [0, 0.1) is 0 Å². The van der Waals surface area contributed by atoms with Crippen LogP contribution in [-0.2, 0) is 26.7 Å². The predicted octanol–water partition coefficient (Wildman–Crippen LogP) is 0.0720. The first-order valence-electron chi connectivity index (χ1n) is 2.85. The third kappa shape index (κ3) is 1.17. The summed E-state index contributed by atoms with van der Waals surface area (Å²) in [4.78, 5) is 0. The summed E-state index contributed by atoms with van der Waals surface area (Å²) in [6.45, 7) is 0. The molecule has 1 heterocycles. The lowest BCUT2D eigenvalue weighted by atomic mass is 10.7. The Kier molecular flexibility index (Phi) is 2.01. The van der Waals surface area contributed by atoms with E-state index >= 15 is 0 Å². The topological polar surface area (TPSA) is 8.81 Å². The number of imidazole rings is 1. The SMILES string of the molecule is Cn1cc[n+](C)c1C(=S)[S-]. The molecule has 0 spiro atoms. The molecular weight excluding hydrogens is 164 g/mol. The van der Waals surface area contributed by atoms with Crippen LogP contribution in [0.3, 0.4) is 0 Å². The van der Waals surface area contributed by atoms with Crippen molar-refractivity contribution in [3.05, 3.63) is 18.2 Å². The van der Waals surface area contributed by atoms with Gasteiger partial charge in [0.2, 0.25) is 0 Å². The lowest BCUT2D eigenvalue weighted by molar-refractivity contribution is -0.671. The maximum atomic E-state index is 4.86. The third-order valence-corrected chi connectivity index (χ3v) is 1.73. The van der Waals surface area contributed by atoms with Crippen molar-refractivity contribution in [3.63, 3.8) is 0 Å². The first-order chi connectivity index (χ1) is 4.63. The van der Waals surface area contributed by atoms with Crippen LogP contribution in [0.2, 0.25) is 0 Å². The number of rotatable bonds is 1. The molecule has 0 saturated carbocycles. The van der Waals surface area contributed by atoms with Gasteiger partial charge in [-0.25, -0.2) is 9.13 Å². The fourth-order valence-electron chi connectivity index (χ4n) is 0.878. The van der Waals surface area contributed by atoms with Gasteiger partial charge in [-0.1, -0.05) is 0 Å². The molecule has 0 amide bonds. The molecule has 10 heavy (non-hydrogen) atoms. The Morgan fingerprint density at radius 1 is 1.80 bits per heavy atom. The average Bonchev–Trinajstić information content (AvgIpc) is 2.11. The zero-order chi connectivity index (χ0) is 7.72. The second kappa shape index (κ2) is 2.64. The highest BCUT2D eigenvalue weighted by Gasteiger charge is 2.06. The third-order valence-electron chi connectivity index (χ3n) is 1.36. The molecule has 0 radical (unpaired) electrons. The zero-order valence-electron chi connectivity index (χ0n) is 5.87. The number of nitrogens with zero attached hydrogens (tertiary/aromatic N) is 2. The molecule has 2 nitrogen and oxygen atoms in total. The van der Waals surface area contributed by atoms with E-state index in [1.165, 1.54) is 0 Å². The van der Waals surface area contributed by atoms with Gasteiger partial charge in [0.25, 0.3) is 5.82 Å². The molecule has 54 valence electrons. The van der Waals surface area contributed by atoms with E-state index in [1.54, 1.807) is 0 Å². The van der Waals surface area contributed by atoms with Gasteiger partial charge in [-0.15, -0.1) is 0 Å². The fraction of sp³-hybridized carbons (Fsp3) is 0.333. The molecule has 1 rings (SSSR count). The van der Waals surface area contributed by atoms with Gasteiger partial charge < -0.3 is 24.8 Å². The van der Waals surface area contributed by atoms with Gasteiger partial charge in [0, 0.05) is 0 Å². The fourth-order valence-corrected chi connectivity index (χ4v) is 1.45. The van der Waals surface area contributed by atoms with E-state index in [4.69, 9.17) is 24.8 Å². The van der Waals surface area contributed by atoms with E-state index in [2.05, 4.69) is 0 Å². The summed E-state index contributed by atoms with van der Waals surface area (Å²) in [5, 5.41) is 0. The molecule has 1 aromatic heterocycles. The van der Waals surface area contributed by atoms with E-state index in [0.29, 0.717) is 4.20 Å². The van der Waals surface area contributed by atoms with Gasteiger partial charge in [-0.2, -0.15) is 0 Å². The monoisotopic (exact) mass is 172 g/mol. The molecule has 0 N–H and O–H groups in total. The molecule has 0 bridgehead atoms. The minimum Gasteiger partial charge on any atom is -0.421 e. The quantitative estimate of drug-likeness (QED) is 0.337. The van der Waals surface area contributed by atoms with Crippen LogP contribution in [0.1, 0.15) is 5.82 Å². The number of hydrogen-bond donors (Lipinski definition) is 0. The first-order valence-corrected chi connectivity index (χ1v) is 3.67. The number of aryl methyl sites for hydroxylation is 2. The summed E-state index contributed by atoms with van der Waals surface area (Å²) in [7, 11) is 3.85. The maximum absolute atomic E-state index is 4.86. The molecule has 0 aliphatic rings. The summed E-state index contributed by atoms with van der Waals surface area (Å²) < 4.78 is 4.33. The van der Waals surface area contributed by atoms with Crippen LogP contribution in [0.25, 0.3) is 0 Å². The number of thiocarbonyl (C=S) groups is 1. The van der Waals surface area contributed by atoms with Gasteiger partial charge in [-0.3, -0.25) is 0 Å². The van der Waals surface area contributed by atoms with Crippen LogP contribution in [0.5, 0.6) is 0 Å². The second-order valence-electron chi connectivity index (χ2n) is 2.13. The van der Waals surface area contributed by atoms with Crippen LogP contribution in [0.4, 0.5) is 0 Å². The molecule has 0 unspecified atom stereocenters. The molecule has 0 atom stereocenters. The van der Waals surface area contributed by atoms with Gasteiger partial charge in [-0.05, 0) is 4.20 Å². The minimum atomic E-state index is 0.509. The molecule has 0 aliphatic carbocycles. The average molecular weight is 172 g/mol. The molecular formula is C6H8N2S2. The van der Waals surface area contributed by atoms with Crippen molar-refractivity contribution in [2.45, 2.75) is 0 Å². The Hall–Kier alpha value is -0.480. The van der Waals surface area contributed by atoms with Crippen LogP contribution in [0.15, 0.2) is 12.4 Å². The van der Waals surface area contributed by atoms with Crippen molar-refractivity contribution in [2.24, 2.45) is 14.1 Å². The summed E-state index contributed by atoms with van der Waals surface area (Å²) >= 11 is 9.73. The lowest BCUT2D eigenvalue weighted by Gasteiger charge is -1.99. The second-order valence-corrected chi connectivity index (χ2v) is 3.21. The first kappa shape index (κ1) is 7.63. The van der Waals surface area contributed by atoms with Gasteiger partial charge in [0.05, 0.1) is 14.1 Å². The molecule has 0 aliphatic heterocycles. The van der Waals surface area contributed by atoms with E-state index in [9.17, 15) is 0 Å². The van der Waals surface area contributed by atoms with Gasteiger partial charge in [0.15, 0.2) is 0 Å². The van der Waals surface area contributed by atoms with Crippen molar-refractivity contribution in [2.75, 3.05) is 0 Å². The van der Waals surface area contributed by atoms with Crippen molar-refractivity contribution in [1.29, 1.82) is 0 Å². The van der Waals surface area contributed by atoms with Gasteiger partial charge >= 0.3 is 0 Å². The summed E-state index contributed by atoms with van der Waals surface area (Å²) in [5.41, 5.74) is 0. The van der Waals surface area contributed by atoms with E-state index < -0.39 is 0 Å². The standard InChI is InChI=1S/C6H8N2S2/c1-7-3-4-8(2)5(7)6(9)10/h3-4H,1-2H3. The highest BCUT2D eigenvalue weighted by molar-refractivity contribution is 8.01. The number of aromatic nitrogens is 2.